The third kappa shape index (κ3) is 5.16. The van der Waals surface area contributed by atoms with Crippen LogP contribution in [-0.2, 0) is 11.3 Å². The molecular weight excluding hydrogens is 366 g/mol. The second-order valence-corrected chi connectivity index (χ2v) is 7.01. The van der Waals surface area contributed by atoms with Gasteiger partial charge in [0.15, 0.2) is 0 Å². The summed E-state index contributed by atoms with van der Waals surface area (Å²) in [7, 11) is 0. The molecule has 1 aliphatic heterocycles. The van der Waals surface area contributed by atoms with Gasteiger partial charge in [-0.2, -0.15) is 0 Å². The van der Waals surface area contributed by atoms with Crippen LogP contribution < -0.4 is 5.32 Å². The van der Waals surface area contributed by atoms with Crippen molar-refractivity contribution in [1.29, 1.82) is 0 Å². The number of hydrogen-bond donors (Lipinski definition) is 1. The molecule has 0 aliphatic carbocycles. The quantitative estimate of drug-likeness (QED) is 0.855. The van der Waals surface area contributed by atoms with Crippen LogP contribution in [0, 0.1) is 0 Å². The summed E-state index contributed by atoms with van der Waals surface area (Å²) in [5.41, 5.74) is 2.19. The molecule has 0 spiro atoms. The summed E-state index contributed by atoms with van der Waals surface area (Å²) in [5.74, 6) is 0.0579. The average Bonchev–Trinajstić information content (AvgIpc) is 2.59. The Morgan fingerprint density at radius 3 is 2.21 bits per heavy atom. The van der Waals surface area contributed by atoms with E-state index in [1.54, 1.807) is 0 Å². The van der Waals surface area contributed by atoms with Gasteiger partial charge in [-0.05, 0) is 29.8 Å². The number of para-hydroxylation sites is 1. The zero-order valence-electron chi connectivity index (χ0n) is 13.6. The number of hydrogen-bond acceptors (Lipinski definition) is 3. The molecule has 1 aliphatic rings. The Kier molecular flexibility index (Phi) is 6.01. The lowest BCUT2D eigenvalue weighted by Gasteiger charge is -2.34. The minimum Gasteiger partial charge on any atom is -0.325 e. The largest absolute Gasteiger partial charge is 0.325 e. The number of anilines is 1. The summed E-state index contributed by atoms with van der Waals surface area (Å²) in [6, 6.07) is 18.1. The molecule has 1 saturated heterocycles. The Balaban J connectivity index is 1.41. The molecule has 3 rings (SSSR count). The van der Waals surface area contributed by atoms with Gasteiger partial charge in [0.25, 0.3) is 0 Å². The van der Waals surface area contributed by atoms with E-state index in [9.17, 15) is 4.79 Å². The van der Waals surface area contributed by atoms with Crippen molar-refractivity contribution in [1.82, 2.24) is 9.80 Å². The van der Waals surface area contributed by atoms with Gasteiger partial charge in [-0.1, -0.05) is 46.3 Å². The van der Waals surface area contributed by atoms with Crippen LogP contribution in [-0.4, -0.2) is 48.4 Å². The molecule has 1 amide bonds. The van der Waals surface area contributed by atoms with Crippen molar-refractivity contribution in [2.75, 3.05) is 38.0 Å². The first-order valence-electron chi connectivity index (χ1n) is 8.23. The second kappa shape index (κ2) is 8.42. The minimum absolute atomic E-state index is 0.0579. The molecule has 0 bridgehead atoms. The van der Waals surface area contributed by atoms with Crippen molar-refractivity contribution in [2.24, 2.45) is 0 Å². The Morgan fingerprint density at radius 1 is 0.917 bits per heavy atom. The number of amides is 1. The minimum atomic E-state index is 0.0579. The Morgan fingerprint density at radius 2 is 1.54 bits per heavy atom. The monoisotopic (exact) mass is 387 g/mol. The summed E-state index contributed by atoms with van der Waals surface area (Å²) in [6.07, 6.45) is 0. The topological polar surface area (TPSA) is 35.6 Å². The van der Waals surface area contributed by atoms with E-state index in [1.165, 1.54) is 5.56 Å². The Bertz CT molecular complexity index is 652. The molecule has 126 valence electrons. The standard InChI is InChI=1S/C19H22BrN3O/c20-17-8-6-16(7-9-17)14-22-10-12-23(13-11-22)15-19(24)21-18-4-2-1-3-5-18/h1-9H,10-15H2,(H,21,24). The second-order valence-electron chi connectivity index (χ2n) is 6.09. The fourth-order valence-electron chi connectivity index (χ4n) is 2.88. The van der Waals surface area contributed by atoms with E-state index < -0.39 is 0 Å². The van der Waals surface area contributed by atoms with Crippen LogP contribution in [0.5, 0.6) is 0 Å². The molecule has 5 heteroatoms. The highest BCUT2D eigenvalue weighted by Crippen LogP contribution is 2.13. The summed E-state index contributed by atoms with van der Waals surface area (Å²) in [5, 5.41) is 2.95. The van der Waals surface area contributed by atoms with Crippen LogP contribution in [0.15, 0.2) is 59.1 Å². The molecule has 2 aromatic rings. The van der Waals surface area contributed by atoms with E-state index in [0.29, 0.717) is 6.54 Å². The predicted octanol–water partition coefficient (Wildman–Crippen LogP) is 3.21. The average molecular weight is 388 g/mol. The third-order valence-electron chi connectivity index (χ3n) is 4.21. The zero-order valence-corrected chi connectivity index (χ0v) is 15.2. The van der Waals surface area contributed by atoms with Gasteiger partial charge < -0.3 is 5.32 Å². The van der Waals surface area contributed by atoms with E-state index in [2.05, 4.69) is 55.3 Å². The van der Waals surface area contributed by atoms with Gasteiger partial charge in [0.1, 0.15) is 0 Å². The Hall–Kier alpha value is -1.69. The molecular formula is C19H22BrN3O. The van der Waals surface area contributed by atoms with Gasteiger partial charge in [-0.25, -0.2) is 0 Å². The van der Waals surface area contributed by atoms with Gasteiger partial charge in [0, 0.05) is 42.9 Å². The summed E-state index contributed by atoms with van der Waals surface area (Å²) in [6.45, 7) is 5.28. The molecule has 2 aromatic carbocycles. The maximum atomic E-state index is 12.1. The molecule has 1 N–H and O–H groups in total. The number of nitrogens with zero attached hydrogens (tertiary/aromatic N) is 2. The van der Waals surface area contributed by atoms with Gasteiger partial charge in [0.2, 0.25) is 5.91 Å². The van der Waals surface area contributed by atoms with E-state index in [0.717, 1.165) is 42.9 Å². The lowest BCUT2D eigenvalue weighted by Crippen LogP contribution is -2.48. The van der Waals surface area contributed by atoms with Crippen molar-refractivity contribution in [3.63, 3.8) is 0 Å². The van der Waals surface area contributed by atoms with E-state index in [1.807, 2.05) is 30.3 Å². The normalized spacial score (nSPS) is 16.0. The van der Waals surface area contributed by atoms with E-state index >= 15 is 0 Å². The summed E-state index contributed by atoms with van der Waals surface area (Å²) < 4.78 is 1.11. The number of rotatable bonds is 5. The number of nitrogens with one attached hydrogen (secondary N) is 1. The van der Waals surface area contributed by atoms with Crippen molar-refractivity contribution in [2.45, 2.75) is 6.54 Å². The van der Waals surface area contributed by atoms with Crippen molar-refractivity contribution in [3.05, 3.63) is 64.6 Å². The van der Waals surface area contributed by atoms with Gasteiger partial charge >= 0.3 is 0 Å². The van der Waals surface area contributed by atoms with E-state index in [-0.39, 0.29) is 5.91 Å². The number of halogens is 1. The highest BCUT2D eigenvalue weighted by molar-refractivity contribution is 9.10. The number of piperazine rings is 1. The first kappa shape index (κ1) is 17.1. The molecule has 1 heterocycles. The van der Waals surface area contributed by atoms with Crippen LogP contribution >= 0.6 is 15.9 Å². The van der Waals surface area contributed by atoms with Crippen molar-refractivity contribution < 1.29 is 4.79 Å². The molecule has 0 aromatic heterocycles. The molecule has 0 radical (unpaired) electrons. The lowest BCUT2D eigenvalue weighted by atomic mass is 10.2. The number of benzene rings is 2. The first-order chi connectivity index (χ1) is 11.7. The van der Waals surface area contributed by atoms with Crippen LogP contribution in [0.4, 0.5) is 5.69 Å². The lowest BCUT2D eigenvalue weighted by molar-refractivity contribution is -0.117. The SMILES string of the molecule is O=C(CN1CCN(Cc2ccc(Br)cc2)CC1)Nc1ccccc1. The van der Waals surface area contributed by atoms with Crippen molar-refractivity contribution in [3.8, 4) is 0 Å². The molecule has 0 unspecified atom stereocenters. The molecule has 0 saturated carbocycles. The fraction of sp³-hybridized carbons (Fsp3) is 0.316. The van der Waals surface area contributed by atoms with Crippen LogP contribution in [0.25, 0.3) is 0 Å². The fourth-order valence-corrected chi connectivity index (χ4v) is 3.14. The first-order valence-corrected chi connectivity index (χ1v) is 9.02. The molecule has 1 fully saturated rings. The van der Waals surface area contributed by atoms with Gasteiger partial charge in [0.05, 0.1) is 6.54 Å². The highest BCUT2D eigenvalue weighted by atomic mass is 79.9. The van der Waals surface area contributed by atoms with Crippen LogP contribution in [0.3, 0.4) is 0 Å². The summed E-state index contributed by atoms with van der Waals surface area (Å²) in [4.78, 5) is 16.8. The highest BCUT2D eigenvalue weighted by Gasteiger charge is 2.19. The maximum Gasteiger partial charge on any atom is 0.238 e. The molecule has 4 nitrogen and oxygen atoms in total. The van der Waals surface area contributed by atoms with Gasteiger partial charge in [-0.15, -0.1) is 0 Å². The third-order valence-corrected chi connectivity index (χ3v) is 4.74. The van der Waals surface area contributed by atoms with Crippen LogP contribution in [0.2, 0.25) is 0 Å². The molecule has 0 atom stereocenters. The number of carbonyl (C=O) groups is 1. The summed E-state index contributed by atoms with van der Waals surface area (Å²) >= 11 is 3.47. The van der Waals surface area contributed by atoms with Crippen molar-refractivity contribution >= 4 is 27.5 Å². The zero-order chi connectivity index (χ0) is 16.8. The number of carbonyl (C=O) groups excluding carboxylic acids is 1. The Labute approximate surface area is 151 Å². The molecule has 24 heavy (non-hydrogen) atoms. The van der Waals surface area contributed by atoms with E-state index in [4.69, 9.17) is 0 Å². The predicted molar refractivity (Wildman–Crippen MR) is 101 cm³/mol. The maximum absolute atomic E-state index is 12.1. The van der Waals surface area contributed by atoms with Gasteiger partial charge in [-0.3, -0.25) is 14.6 Å². The van der Waals surface area contributed by atoms with Crippen LogP contribution in [0.1, 0.15) is 5.56 Å². The smallest absolute Gasteiger partial charge is 0.238 e.